The van der Waals surface area contributed by atoms with Gasteiger partial charge in [0.05, 0.1) is 0 Å². The molecule has 0 radical (unpaired) electrons. The summed E-state index contributed by atoms with van der Waals surface area (Å²) in [5.74, 6) is 0.301. The van der Waals surface area contributed by atoms with Gasteiger partial charge >= 0.3 is 0 Å². The molecular formula is C16H18N2O. The zero-order valence-corrected chi connectivity index (χ0v) is 11.0. The molecule has 1 aromatic carbocycles. The lowest BCUT2D eigenvalue weighted by atomic mass is 9.97. The minimum atomic E-state index is 0.0696. The molecule has 0 saturated carbocycles. The van der Waals surface area contributed by atoms with E-state index in [0.717, 1.165) is 5.56 Å². The third kappa shape index (κ3) is 4.21. The zero-order chi connectivity index (χ0) is 13.5. The van der Waals surface area contributed by atoms with Gasteiger partial charge in [-0.15, -0.1) is 0 Å². The molecule has 2 rings (SSSR count). The quantitative estimate of drug-likeness (QED) is 0.891. The van der Waals surface area contributed by atoms with E-state index in [1.54, 1.807) is 12.4 Å². The largest absolute Gasteiger partial charge is 0.352 e. The van der Waals surface area contributed by atoms with Crippen LogP contribution in [-0.2, 0) is 11.3 Å². The molecular weight excluding hydrogens is 236 g/mol. The van der Waals surface area contributed by atoms with Crippen molar-refractivity contribution in [3.8, 4) is 0 Å². The third-order valence-corrected chi connectivity index (χ3v) is 3.07. The minimum Gasteiger partial charge on any atom is -0.352 e. The van der Waals surface area contributed by atoms with Crippen LogP contribution in [0.4, 0.5) is 0 Å². The monoisotopic (exact) mass is 254 g/mol. The van der Waals surface area contributed by atoms with Crippen LogP contribution in [0.5, 0.6) is 0 Å². The topological polar surface area (TPSA) is 42.0 Å². The summed E-state index contributed by atoms with van der Waals surface area (Å²) < 4.78 is 0. The Balaban J connectivity index is 1.82. The van der Waals surface area contributed by atoms with Crippen molar-refractivity contribution in [2.75, 3.05) is 0 Å². The average molecular weight is 254 g/mol. The Morgan fingerprint density at radius 2 is 2.00 bits per heavy atom. The van der Waals surface area contributed by atoms with Gasteiger partial charge in [0.1, 0.15) is 0 Å². The normalized spacial score (nSPS) is 11.8. The van der Waals surface area contributed by atoms with Crippen LogP contribution in [0.25, 0.3) is 0 Å². The summed E-state index contributed by atoms with van der Waals surface area (Å²) >= 11 is 0. The summed E-state index contributed by atoms with van der Waals surface area (Å²) in [6.07, 6.45) is 3.99. The second-order valence-electron chi connectivity index (χ2n) is 4.65. The van der Waals surface area contributed by atoms with Gasteiger partial charge in [0.25, 0.3) is 0 Å². The van der Waals surface area contributed by atoms with Crippen LogP contribution in [0.3, 0.4) is 0 Å². The summed E-state index contributed by atoms with van der Waals surface area (Å²) in [5, 5.41) is 2.92. The Bertz CT molecular complexity index is 511. The number of carbonyl (C=O) groups is 1. The second kappa shape index (κ2) is 6.69. The fourth-order valence-electron chi connectivity index (χ4n) is 1.95. The highest BCUT2D eigenvalue weighted by atomic mass is 16.1. The first-order chi connectivity index (χ1) is 9.25. The van der Waals surface area contributed by atoms with E-state index in [4.69, 9.17) is 0 Å². The van der Waals surface area contributed by atoms with Gasteiger partial charge in [0, 0.05) is 25.4 Å². The Morgan fingerprint density at radius 1 is 1.21 bits per heavy atom. The van der Waals surface area contributed by atoms with E-state index in [0.29, 0.717) is 13.0 Å². The first kappa shape index (κ1) is 13.3. The van der Waals surface area contributed by atoms with E-state index >= 15 is 0 Å². The maximum atomic E-state index is 11.9. The number of carbonyl (C=O) groups excluding carboxylic acids is 1. The molecule has 0 saturated heterocycles. The van der Waals surface area contributed by atoms with Gasteiger partial charge in [-0.1, -0.05) is 43.3 Å². The maximum absolute atomic E-state index is 11.9. The Kier molecular flexibility index (Phi) is 4.67. The third-order valence-electron chi connectivity index (χ3n) is 3.07. The van der Waals surface area contributed by atoms with Crippen LogP contribution in [0, 0.1) is 0 Å². The Labute approximate surface area is 113 Å². The molecule has 1 atom stereocenters. The molecule has 1 amide bonds. The number of benzene rings is 1. The van der Waals surface area contributed by atoms with E-state index in [9.17, 15) is 4.79 Å². The van der Waals surface area contributed by atoms with Crippen LogP contribution < -0.4 is 5.32 Å². The smallest absolute Gasteiger partial charge is 0.220 e. The molecule has 3 heteroatoms. The zero-order valence-electron chi connectivity index (χ0n) is 11.0. The summed E-state index contributed by atoms with van der Waals surface area (Å²) in [6.45, 7) is 2.60. The lowest BCUT2D eigenvalue weighted by Crippen LogP contribution is -2.24. The van der Waals surface area contributed by atoms with E-state index in [2.05, 4.69) is 29.4 Å². The number of pyridine rings is 1. The molecule has 2 aromatic rings. The number of rotatable bonds is 5. The van der Waals surface area contributed by atoms with Crippen molar-refractivity contribution in [2.45, 2.75) is 25.8 Å². The second-order valence-corrected chi connectivity index (χ2v) is 4.65. The molecule has 3 nitrogen and oxygen atoms in total. The van der Waals surface area contributed by atoms with E-state index < -0.39 is 0 Å². The predicted octanol–water partition coefficient (Wildman–Crippen LogP) is 2.89. The molecule has 0 aliphatic rings. The van der Waals surface area contributed by atoms with Crippen molar-refractivity contribution in [3.05, 3.63) is 66.0 Å². The first-order valence-electron chi connectivity index (χ1n) is 6.46. The molecule has 0 bridgehead atoms. The van der Waals surface area contributed by atoms with Crippen LogP contribution in [0.1, 0.15) is 30.4 Å². The molecule has 1 heterocycles. The summed E-state index contributed by atoms with van der Waals surface area (Å²) in [4.78, 5) is 15.9. The number of amides is 1. The van der Waals surface area contributed by atoms with Crippen molar-refractivity contribution in [3.63, 3.8) is 0 Å². The van der Waals surface area contributed by atoms with Crippen molar-refractivity contribution in [1.29, 1.82) is 0 Å². The lowest BCUT2D eigenvalue weighted by molar-refractivity contribution is -0.121. The number of hydrogen-bond acceptors (Lipinski definition) is 2. The molecule has 0 fully saturated rings. The lowest BCUT2D eigenvalue weighted by Gasteiger charge is -2.11. The summed E-state index contributed by atoms with van der Waals surface area (Å²) in [6, 6.07) is 13.9. The summed E-state index contributed by atoms with van der Waals surface area (Å²) in [7, 11) is 0. The molecule has 0 spiro atoms. The highest BCUT2D eigenvalue weighted by Gasteiger charge is 2.10. The van der Waals surface area contributed by atoms with Crippen LogP contribution in [-0.4, -0.2) is 10.9 Å². The number of aromatic nitrogens is 1. The highest BCUT2D eigenvalue weighted by molar-refractivity contribution is 5.76. The number of hydrogen-bond donors (Lipinski definition) is 1. The van der Waals surface area contributed by atoms with E-state index in [1.807, 2.05) is 30.3 Å². The fourth-order valence-corrected chi connectivity index (χ4v) is 1.95. The molecule has 0 aliphatic carbocycles. The standard InChI is InChI=1S/C16H18N2O/c1-13(15-7-3-2-4-8-15)10-16(19)18-12-14-6-5-9-17-11-14/h2-9,11,13H,10,12H2,1H3,(H,18,19)/t13-/m0/s1. The number of nitrogens with one attached hydrogen (secondary N) is 1. The van der Waals surface area contributed by atoms with Crippen LogP contribution >= 0.6 is 0 Å². The van der Waals surface area contributed by atoms with Gasteiger partial charge in [-0.3, -0.25) is 9.78 Å². The Hall–Kier alpha value is -2.16. The maximum Gasteiger partial charge on any atom is 0.220 e. The van der Waals surface area contributed by atoms with Crippen molar-refractivity contribution in [1.82, 2.24) is 10.3 Å². The van der Waals surface area contributed by atoms with Crippen molar-refractivity contribution < 1.29 is 4.79 Å². The van der Waals surface area contributed by atoms with Gasteiger partial charge in [-0.2, -0.15) is 0 Å². The fraction of sp³-hybridized carbons (Fsp3) is 0.250. The first-order valence-corrected chi connectivity index (χ1v) is 6.46. The average Bonchev–Trinajstić information content (AvgIpc) is 2.47. The van der Waals surface area contributed by atoms with Gasteiger partial charge in [0.15, 0.2) is 0 Å². The minimum absolute atomic E-state index is 0.0696. The predicted molar refractivity (Wildman–Crippen MR) is 75.6 cm³/mol. The molecule has 1 aromatic heterocycles. The van der Waals surface area contributed by atoms with Gasteiger partial charge in [0.2, 0.25) is 5.91 Å². The van der Waals surface area contributed by atoms with Gasteiger partial charge in [-0.25, -0.2) is 0 Å². The molecule has 19 heavy (non-hydrogen) atoms. The van der Waals surface area contributed by atoms with E-state index in [1.165, 1.54) is 5.56 Å². The summed E-state index contributed by atoms with van der Waals surface area (Å²) in [5.41, 5.74) is 2.21. The van der Waals surface area contributed by atoms with Crippen LogP contribution in [0.2, 0.25) is 0 Å². The molecule has 0 unspecified atom stereocenters. The molecule has 1 N–H and O–H groups in total. The molecule has 98 valence electrons. The van der Waals surface area contributed by atoms with Crippen molar-refractivity contribution >= 4 is 5.91 Å². The van der Waals surface area contributed by atoms with Gasteiger partial charge < -0.3 is 5.32 Å². The van der Waals surface area contributed by atoms with Crippen LogP contribution in [0.15, 0.2) is 54.9 Å². The Morgan fingerprint density at radius 3 is 2.68 bits per heavy atom. The highest BCUT2D eigenvalue weighted by Crippen LogP contribution is 2.18. The van der Waals surface area contributed by atoms with E-state index in [-0.39, 0.29) is 11.8 Å². The molecule has 0 aliphatic heterocycles. The SMILES string of the molecule is C[C@@H](CC(=O)NCc1cccnc1)c1ccccc1. The number of nitrogens with zero attached hydrogens (tertiary/aromatic N) is 1. The van der Waals surface area contributed by atoms with Gasteiger partial charge in [-0.05, 0) is 23.1 Å². The van der Waals surface area contributed by atoms with Crippen molar-refractivity contribution in [2.24, 2.45) is 0 Å².